The van der Waals surface area contributed by atoms with E-state index in [0.717, 1.165) is 43.2 Å². The Morgan fingerprint density at radius 3 is 2.41 bits per heavy atom. The normalized spacial score (nSPS) is 11.5. The number of nitrogens with zero attached hydrogens (tertiary/aromatic N) is 1. The number of aryl methyl sites for hydroxylation is 1. The quantitative estimate of drug-likeness (QED) is 0.194. The van der Waals surface area contributed by atoms with Crippen molar-refractivity contribution in [1.29, 1.82) is 0 Å². The molecule has 0 bridgehead atoms. The Morgan fingerprint density at radius 2 is 1.78 bits per heavy atom. The molecule has 1 aromatic heterocycles. The summed E-state index contributed by atoms with van der Waals surface area (Å²) >= 11 is 6.52. The topological polar surface area (TPSA) is 59.4 Å². The number of ether oxygens (including phenoxy) is 1. The van der Waals surface area contributed by atoms with Gasteiger partial charge in [0.05, 0.1) is 11.3 Å². The van der Waals surface area contributed by atoms with Gasteiger partial charge in [-0.05, 0) is 60.5 Å². The van der Waals surface area contributed by atoms with Gasteiger partial charge in [-0.3, -0.25) is 0 Å². The molecule has 0 spiro atoms. The van der Waals surface area contributed by atoms with Gasteiger partial charge in [-0.15, -0.1) is 23.1 Å². The maximum Gasteiger partial charge on any atom is 0.416 e. The first-order valence-corrected chi connectivity index (χ1v) is 13.7. The monoisotopic (exact) mass is 607 g/mol. The third-order valence-corrected chi connectivity index (χ3v) is 8.27. The summed E-state index contributed by atoms with van der Waals surface area (Å²) in [5.41, 5.74) is 2.74. The first-order valence-electron chi connectivity index (χ1n) is 11.1. The highest BCUT2D eigenvalue weighted by Gasteiger charge is 2.30. The zero-order valence-electron chi connectivity index (χ0n) is 19.5. The molecular formula is C27H21BrF3NO3S2. The maximum absolute atomic E-state index is 13.0. The molecule has 1 heterocycles. The van der Waals surface area contributed by atoms with Crippen LogP contribution in [0.2, 0.25) is 0 Å². The Bertz CT molecular complexity index is 1390. The van der Waals surface area contributed by atoms with E-state index < -0.39 is 24.3 Å². The highest BCUT2D eigenvalue weighted by Crippen LogP contribution is 2.36. The molecule has 4 aromatic rings. The summed E-state index contributed by atoms with van der Waals surface area (Å²) in [7, 11) is 0. The number of carboxylic acid groups (broad SMARTS) is 1. The van der Waals surface area contributed by atoms with Crippen molar-refractivity contribution >= 4 is 45.0 Å². The molecule has 1 N–H and O–H groups in total. The Kier molecular flexibility index (Phi) is 8.61. The Balaban J connectivity index is 1.57. The molecule has 10 heteroatoms. The lowest BCUT2D eigenvalue weighted by Crippen LogP contribution is -2.09. The van der Waals surface area contributed by atoms with Crippen molar-refractivity contribution in [3.05, 3.63) is 98.5 Å². The van der Waals surface area contributed by atoms with E-state index in [2.05, 4.69) is 15.9 Å². The minimum Gasteiger partial charge on any atom is -0.482 e. The van der Waals surface area contributed by atoms with Gasteiger partial charge in [-0.25, -0.2) is 9.78 Å². The summed E-state index contributed by atoms with van der Waals surface area (Å²) in [6, 6.07) is 18.6. The molecule has 3 aromatic carbocycles. The summed E-state index contributed by atoms with van der Waals surface area (Å²) in [6.07, 6.45) is -3.79. The average Bonchev–Trinajstić information content (AvgIpc) is 3.25. The van der Waals surface area contributed by atoms with Gasteiger partial charge in [0.1, 0.15) is 10.8 Å². The largest absolute Gasteiger partial charge is 0.482 e. The molecule has 0 radical (unpaired) electrons. The molecule has 37 heavy (non-hydrogen) atoms. The Morgan fingerprint density at radius 1 is 1.08 bits per heavy atom. The first kappa shape index (κ1) is 27.2. The number of hydrogen-bond donors (Lipinski definition) is 1. The Hall–Kier alpha value is -2.82. The molecule has 0 atom stereocenters. The van der Waals surface area contributed by atoms with Gasteiger partial charge in [-0.2, -0.15) is 13.2 Å². The number of aliphatic carboxylic acids is 1. The number of halogens is 4. The fourth-order valence-electron chi connectivity index (χ4n) is 3.52. The summed E-state index contributed by atoms with van der Waals surface area (Å²) in [4.78, 5) is 17.6. The molecule has 0 unspecified atom stereocenters. The van der Waals surface area contributed by atoms with Crippen LogP contribution in [-0.4, -0.2) is 22.7 Å². The van der Waals surface area contributed by atoms with Gasteiger partial charge in [0.2, 0.25) is 0 Å². The highest BCUT2D eigenvalue weighted by atomic mass is 79.9. The van der Waals surface area contributed by atoms with Crippen molar-refractivity contribution < 1.29 is 27.8 Å². The lowest BCUT2D eigenvalue weighted by molar-refractivity contribution is -0.139. The predicted molar refractivity (Wildman–Crippen MR) is 143 cm³/mol. The van der Waals surface area contributed by atoms with Crippen molar-refractivity contribution in [2.24, 2.45) is 0 Å². The molecule has 4 nitrogen and oxygen atoms in total. The molecule has 0 saturated heterocycles. The lowest BCUT2D eigenvalue weighted by atomic mass is 10.1. The molecular weight excluding hydrogens is 587 g/mol. The molecule has 0 amide bonds. The van der Waals surface area contributed by atoms with Crippen molar-refractivity contribution in [2.75, 3.05) is 6.61 Å². The lowest BCUT2D eigenvalue weighted by Gasteiger charge is -2.09. The van der Waals surface area contributed by atoms with Crippen LogP contribution in [0.1, 0.15) is 27.3 Å². The number of aromatic nitrogens is 1. The zero-order valence-corrected chi connectivity index (χ0v) is 22.7. The first-order chi connectivity index (χ1) is 17.6. The fraction of sp³-hybridized carbons (Fsp3) is 0.185. The minimum absolute atomic E-state index is 0.402. The summed E-state index contributed by atoms with van der Waals surface area (Å²) in [5.74, 6) is 0.106. The van der Waals surface area contributed by atoms with Gasteiger partial charge < -0.3 is 9.84 Å². The van der Waals surface area contributed by atoms with Crippen molar-refractivity contribution in [3.63, 3.8) is 0 Å². The average molecular weight is 609 g/mol. The van der Waals surface area contributed by atoms with Crippen LogP contribution >= 0.6 is 39.0 Å². The van der Waals surface area contributed by atoms with Gasteiger partial charge in [-0.1, -0.05) is 40.2 Å². The van der Waals surface area contributed by atoms with Crippen LogP contribution in [0.15, 0.2) is 76.1 Å². The summed E-state index contributed by atoms with van der Waals surface area (Å²) in [5, 5.41) is 9.49. The second kappa shape index (κ2) is 11.7. The molecule has 0 saturated carbocycles. The number of thiazole rings is 1. The number of alkyl halides is 3. The van der Waals surface area contributed by atoms with Crippen LogP contribution in [0.25, 0.3) is 10.6 Å². The van der Waals surface area contributed by atoms with Crippen LogP contribution < -0.4 is 4.74 Å². The van der Waals surface area contributed by atoms with E-state index in [-0.39, 0.29) is 0 Å². The number of thioether (sulfide) groups is 1. The summed E-state index contributed by atoms with van der Waals surface area (Å²) in [6.45, 7) is 1.45. The van der Waals surface area contributed by atoms with Crippen molar-refractivity contribution in [1.82, 2.24) is 4.98 Å². The van der Waals surface area contributed by atoms with E-state index in [1.165, 1.54) is 23.5 Å². The van der Waals surface area contributed by atoms with Crippen molar-refractivity contribution in [3.8, 4) is 16.3 Å². The molecule has 4 rings (SSSR count). The second-order valence-electron chi connectivity index (χ2n) is 8.17. The molecule has 0 aliphatic rings. The molecule has 0 aliphatic carbocycles. The van der Waals surface area contributed by atoms with E-state index in [9.17, 15) is 18.0 Å². The van der Waals surface area contributed by atoms with E-state index in [1.54, 1.807) is 17.8 Å². The summed E-state index contributed by atoms with van der Waals surface area (Å²) < 4.78 is 45.3. The van der Waals surface area contributed by atoms with Gasteiger partial charge in [0.25, 0.3) is 0 Å². The second-order valence-corrected chi connectivity index (χ2v) is 11.2. The van der Waals surface area contributed by atoms with Gasteiger partial charge in [0.15, 0.2) is 6.61 Å². The van der Waals surface area contributed by atoms with Gasteiger partial charge >= 0.3 is 12.1 Å². The third-order valence-electron chi connectivity index (χ3n) is 5.39. The SMILES string of the molecule is Cc1cc(SCc2sc(-c3ccc(C(F)(F)F)cc3)nc2Cc2ccc(Br)cc2)ccc1OCC(=O)O. The molecule has 0 fully saturated rings. The third kappa shape index (κ3) is 7.37. The number of carboxylic acids is 1. The van der Waals surface area contributed by atoms with E-state index in [1.807, 2.05) is 43.3 Å². The van der Waals surface area contributed by atoms with Crippen LogP contribution in [0, 0.1) is 6.92 Å². The molecule has 0 aliphatic heterocycles. The standard InChI is InChI=1S/C27H21BrF3NO3S2/c1-16-12-21(10-11-23(16)35-14-25(33)34)36-15-24-22(13-17-2-8-20(28)9-3-17)32-26(37-24)18-4-6-19(7-5-18)27(29,30)31/h2-12H,13-15H2,1H3,(H,33,34). The Labute approximate surface area is 228 Å². The van der Waals surface area contributed by atoms with Crippen LogP contribution in [0.5, 0.6) is 5.75 Å². The number of benzene rings is 3. The zero-order chi connectivity index (χ0) is 26.6. The van der Waals surface area contributed by atoms with E-state index >= 15 is 0 Å². The van der Waals surface area contributed by atoms with Crippen LogP contribution in [-0.2, 0) is 23.1 Å². The predicted octanol–water partition coefficient (Wildman–Crippen LogP) is 8.25. The number of hydrogen-bond acceptors (Lipinski definition) is 5. The minimum atomic E-state index is -4.39. The number of rotatable bonds is 9. The van der Waals surface area contributed by atoms with Gasteiger partial charge in [0, 0.05) is 32.0 Å². The highest BCUT2D eigenvalue weighted by molar-refractivity contribution is 9.10. The van der Waals surface area contributed by atoms with E-state index in [4.69, 9.17) is 14.8 Å². The van der Waals surface area contributed by atoms with Crippen LogP contribution in [0.4, 0.5) is 13.2 Å². The smallest absolute Gasteiger partial charge is 0.416 e. The van der Waals surface area contributed by atoms with Crippen LogP contribution in [0.3, 0.4) is 0 Å². The molecule has 192 valence electrons. The van der Waals surface area contributed by atoms with E-state index in [0.29, 0.717) is 28.5 Å². The van der Waals surface area contributed by atoms with Crippen molar-refractivity contribution in [2.45, 2.75) is 30.2 Å². The maximum atomic E-state index is 13.0. The number of carbonyl (C=O) groups is 1. The fourth-order valence-corrected chi connectivity index (χ4v) is 5.96.